The average molecular weight is 260 g/mol. The van der Waals surface area contributed by atoms with Crippen LogP contribution in [0.4, 0.5) is 4.39 Å². The fraction of sp³-hybridized carbons (Fsp3) is 0.250. The molecule has 3 heteroatoms. The second-order valence-electron chi connectivity index (χ2n) is 4.81. The van der Waals surface area contributed by atoms with Crippen molar-refractivity contribution in [3.05, 3.63) is 65.5 Å². The van der Waals surface area contributed by atoms with Gasteiger partial charge in [-0.3, -0.25) is 0 Å². The molecule has 0 aromatic heterocycles. The minimum absolute atomic E-state index is 0.273. The Hall–Kier alpha value is -1.87. The summed E-state index contributed by atoms with van der Waals surface area (Å²) in [5.74, 6) is 0.432. The van der Waals surface area contributed by atoms with E-state index < -0.39 is 5.60 Å². The van der Waals surface area contributed by atoms with Crippen molar-refractivity contribution in [1.82, 2.24) is 0 Å². The maximum atomic E-state index is 12.9. The van der Waals surface area contributed by atoms with E-state index in [0.29, 0.717) is 12.2 Å². The Morgan fingerprint density at radius 1 is 1.16 bits per heavy atom. The first-order valence-corrected chi connectivity index (χ1v) is 6.12. The molecule has 2 aromatic carbocycles. The van der Waals surface area contributed by atoms with E-state index in [-0.39, 0.29) is 5.82 Å². The maximum absolute atomic E-state index is 12.9. The zero-order valence-corrected chi connectivity index (χ0v) is 11.1. The van der Waals surface area contributed by atoms with Crippen LogP contribution in [0.1, 0.15) is 18.1 Å². The van der Waals surface area contributed by atoms with Crippen LogP contribution < -0.4 is 4.74 Å². The van der Waals surface area contributed by atoms with E-state index in [9.17, 15) is 9.50 Å². The number of rotatable bonds is 4. The molecule has 0 aliphatic rings. The third-order valence-corrected chi connectivity index (χ3v) is 3.15. The number of hydrogen-bond donors (Lipinski definition) is 1. The lowest BCUT2D eigenvalue weighted by atomic mass is 9.89. The molecule has 0 aliphatic heterocycles. The van der Waals surface area contributed by atoms with Gasteiger partial charge in [-0.05, 0) is 42.3 Å². The van der Waals surface area contributed by atoms with Gasteiger partial charge in [0.25, 0.3) is 0 Å². The van der Waals surface area contributed by atoms with Gasteiger partial charge in [0, 0.05) is 6.42 Å². The van der Waals surface area contributed by atoms with Crippen molar-refractivity contribution in [2.24, 2.45) is 0 Å². The Labute approximate surface area is 112 Å². The summed E-state index contributed by atoms with van der Waals surface area (Å²) in [7, 11) is 1.59. The molecule has 1 N–H and O–H groups in total. The quantitative estimate of drug-likeness (QED) is 0.914. The van der Waals surface area contributed by atoms with Crippen LogP contribution in [-0.4, -0.2) is 12.2 Å². The third kappa shape index (κ3) is 3.32. The summed E-state index contributed by atoms with van der Waals surface area (Å²) in [6.07, 6.45) is 0.417. The zero-order chi connectivity index (χ0) is 13.9. The first-order valence-electron chi connectivity index (χ1n) is 6.12. The van der Waals surface area contributed by atoms with E-state index in [0.717, 1.165) is 11.1 Å². The van der Waals surface area contributed by atoms with Gasteiger partial charge >= 0.3 is 0 Å². The van der Waals surface area contributed by atoms with E-state index in [1.165, 1.54) is 12.1 Å². The summed E-state index contributed by atoms with van der Waals surface area (Å²) in [5.41, 5.74) is 0.636. The molecule has 19 heavy (non-hydrogen) atoms. The molecule has 1 atom stereocenters. The van der Waals surface area contributed by atoms with E-state index in [1.54, 1.807) is 26.2 Å². The average Bonchev–Trinajstić information content (AvgIpc) is 2.41. The highest BCUT2D eigenvalue weighted by Crippen LogP contribution is 2.28. The Morgan fingerprint density at radius 2 is 1.84 bits per heavy atom. The van der Waals surface area contributed by atoms with Crippen LogP contribution in [0.25, 0.3) is 0 Å². The summed E-state index contributed by atoms with van der Waals surface area (Å²) in [6, 6.07) is 13.5. The Balaban J connectivity index is 2.23. The summed E-state index contributed by atoms with van der Waals surface area (Å²) in [4.78, 5) is 0. The molecule has 2 rings (SSSR count). The van der Waals surface area contributed by atoms with Crippen LogP contribution in [0.3, 0.4) is 0 Å². The van der Waals surface area contributed by atoms with Gasteiger partial charge < -0.3 is 9.84 Å². The largest absolute Gasteiger partial charge is 0.497 e. The van der Waals surface area contributed by atoms with Crippen molar-refractivity contribution in [3.63, 3.8) is 0 Å². The van der Waals surface area contributed by atoms with E-state index in [1.807, 2.05) is 24.3 Å². The number of ether oxygens (including phenoxy) is 1. The third-order valence-electron chi connectivity index (χ3n) is 3.15. The molecule has 0 aliphatic carbocycles. The molecule has 0 spiro atoms. The van der Waals surface area contributed by atoms with Gasteiger partial charge in [-0.1, -0.05) is 24.3 Å². The van der Waals surface area contributed by atoms with Crippen molar-refractivity contribution < 1.29 is 14.2 Å². The Bertz CT molecular complexity index is 547. The van der Waals surface area contributed by atoms with Crippen LogP contribution in [0.5, 0.6) is 5.75 Å². The second kappa shape index (κ2) is 5.41. The summed E-state index contributed by atoms with van der Waals surface area (Å²) in [5, 5.41) is 10.6. The van der Waals surface area contributed by atoms with Crippen LogP contribution in [0, 0.1) is 5.82 Å². The van der Waals surface area contributed by atoms with Gasteiger partial charge in [0.2, 0.25) is 0 Å². The van der Waals surface area contributed by atoms with Crippen LogP contribution >= 0.6 is 0 Å². The molecule has 2 aromatic rings. The van der Waals surface area contributed by atoms with Gasteiger partial charge in [0.05, 0.1) is 12.7 Å². The molecular weight excluding hydrogens is 243 g/mol. The van der Waals surface area contributed by atoms with Crippen molar-refractivity contribution in [3.8, 4) is 5.75 Å². The summed E-state index contributed by atoms with van der Waals surface area (Å²) in [6.45, 7) is 1.74. The zero-order valence-electron chi connectivity index (χ0n) is 11.1. The van der Waals surface area contributed by atoms with Crippen molar-refractivity contribution >= 4 is 0 Å². The van der Waals surface area contributed by atoms with Crippen LogP contribution in [0.2, 0.25) is 0 Å². The molecule has 0 bridgehead atoms. The standard InChI is InChI=1S/C16H17FO2/c1-16(18,11-12-6-8-14(17)9-7-12)13-4-3-5-15(10-13)19-2/h3-10,18H,11H2,1-2H3. The van der Waals surface area contributed by atoms with Gasteiger partial charge in [-0.15, -0.1) is 0 Å². The SMILES string of the molecule is COc1cccc(C(C)(O)Cc2ccc(F)cc2)c1. The fourth-order valence-electron chi connectivity index (χ4n) is 2.06. The monoisotopic (exact) mass is 260 g/mol. The predicted octanol–water partition coefficient (Wildman–Crippen LogP) is 3.28. The molecule has 1 unspecified atom stereocenters. The number of aliphatic hydroxyl groups is 1. The lowest BCUT2D eigenvalue weighted by Gasteiger charge is -2.24. The number of benzene rings is 2. The molecule has 0 radical (unpaired) electrons. The van der Waals surface area contributed by atoms with Gasteiger partial charge in [-0.2, -0.15) is 0 Å². The van der Waals surface area contributed by atoms with Crippen molar-refractivity contribution in [2.45, 2.75) is 18.9 Å². The summed E-state index contributed by atoms with van der Waals surface area (Å²) < 4.78 is 18.0. The predicted molar refractivity (Wildman–Crippen MR) is 72.7 cm³/mol. The van der Waals surface area contributed by atoms with Gasteiger partial charge in [0.15, 0.2) is 0 Å². The molecule has 0 saturated carbocycles. The van der Waals surface area contributed by atoms with Crippen LogP contribution in [-0.2, 0) is 12.0 Å². The van der Waals surface area contributed by atoms with E-state index >= 15 is 0 Å². The lowest BCUT2D eigenvalue weighted by Crippen LogP contribution is -2.24. The molecular formula is C16H17FO2. The molecule has 100 valence electrons. The van der Waals surface area contributed by atoms with Gasteiger partial charge in [-0.25, -0.2) is 4.39 Å². The van der Waals surface area contributed by atoms with Crippen molar-refractivity contribution in [1.29, 1.82) is 0 Å². The first kappa shape index (κ1) is 13.6. The highest BCUT2D eigenvalue weighted by atomic mass is 19.1. The van der Waals surface area contributed by atoms with Crippen LogP contribution in [0.15, 0.2) is 48.5 Å². The number of methoxy groups -OCH3 is 1. The number of hydrogen-bond acceptors (Lipinski definition) is 2. The van der Waals surface area contributed by atoms with Gasteiger partial charge in [0.1, 0.15) is 11.6 Å². The highest BCUT2D eigenvalue weighted by molar-refractivity contribution is 5.33. The molecule has 2 nitrogen and oxygen atoms in total. The first-order chi connectivity index (χ1) is 9.01. The normalized spacial score (nSPS) is 13.9. The fourth-order valence-corrected chi connectivity index (χ4v) is 2.06. The number of halogens is 1. The van der Waals surface area contributed by atoms with E-state index in [2.05, 4.69) is 0 Å². The molecule has 0 heterocycles. The maximum Gasteiger partial charge on any atom is 0.123 e. The Kier molecular flexibility index (Phi) is 3.86. The minimum atomic E-state index is -1.02. The molecule has 0 fully saturated rings. The smallest absolute Gasteiger partial charge is 0.123 e. The minimum Gasteiger partial charge on any atom is -0.497 e. The lowest BCUT2D eigenvalue weighted by molar-refractivity contribution is 0.0574. The highest BCUT2D eigenvalue weighted by Gasteiger charge is 2.24. The summed E-state index contributed by atoms with van der Waals surface area (Å²) >= 11 is 0. The van der Waals surface area contributed by atoms with Crippen molar-refractivity contribution in [2.75, 3.05) is 7.11 Å². The molecule has 0 amide bonds. The van der Waals surface area contributed by atoms with E-state index in [4.69, 9.17) is 4.74 Å². The second-order valence-corrected chi connectivity index (χ2v) is 4.81. The topological polar surface area (TPSA) is 29.5 Å². The Morgan fingerprint density at radius 3 is 2.47 bits per heavy atom. The molecule has 0 saturated heterocycles.